The minimum atomic E-state index is -0.609. The van der Waals surface area contributed by atoms with Gasteiger partial charge in [-0.3, -0.25) is 0 Å². The van der Waals surface area contributed by atoms with E-state index in [9.17, 15) is 9.59 Å². The van der Waals surface area contributed by atoms with E-state index < -0.39 is 11.9 Å². The van der Waals surface area contributed by atoms with Crippen LogP contribution in [0.1, 0.15) is 26.3 Å². The summed E-state index contributed by atoms with van der Waals surface area (Å²) in [6.45, 7) is 0. The summed E-state index contributed by atoms with van der Waals surface area (Å²) in [4.78, 5) is 22.5. The summed E-state index contributed by atoms with van der Waals surface area (Å²) in [5, 5.41) is 8.74. The third-order valence-corrected chi connectivity index (χ3v) is 1.90. The number of carbonyl (C=O) groups excluding carboxylic acids is 2. The van der Waals surface area contributed by atoms with Crippen molar-refractivity contribution in [2.75, 3.05) is 14.2 Å². The van der Waals surface area contributed by atoms with Crippen LogP contribution in [-0.2, 0) is 9.47 Å². The predicted octanol–water partition coefficient (Wildman–Crippen LogP) is 1.13. The average molecular weight is 219 g/mol. The van der Waals surface area contributed by atoms with Crippen molar-refractivity contribution in [2.45, 2.75) is 0 Å². The van der Waals surface area contributed by atoms with E-state index in [1.165, 1.54) is 32.4 Å². The molecule has 0 aliphatic carbocycles. The largest absolute Gasteiger partial charge is 0.465 e. The molecule has 16 heavy (non-hydrogen) atoms. The Morgan fingerprint density at radius 3 is 1.81 bits per heavy atom. The van der Waals surface area contributed by atoms with E-state index in [0.717, 1.165) is 0 Å². The van der Waals surface area contributed by atoms with Crippen LogP contribution in [0.25, 0.3) is 0 Å². The summed E-state index contributed by atoms with van der Waals surface area (Å²) in [5.41, 5.74) is 0.479. The molecule has 0 fully saturated rings. The van der Waals surface area contributed by atoms with Crippen molar-refractivity contribution in [1.82, 2.24) is 0 Å². The van der Waals surface area contributed by atoms with E-state index in [-0.39, 0.29) is 16.7 Å². The zero-order valence-electron chi connectivity index (χ0n) is 8.81. The second kappa shape index (κ2) is 4.94. The van der Waals surface area contributed by atoms with Crippen LogP contribution < -0.4 is 0 Å². The molecule has 1 aromatic carbocycles. The number of nitriles is 1. The Labute approximate surface area is 92.2 Å². The van der Waals surface area contributed by atoms with Crippen molar-refractivity contribution < 1.29 is 19.1 Å². The van der Waals surface area contributed by atoms with E-state index in [0.29, 0.717) is 0 Å². The van der Waals surface area contributed by atoms with Crippen LogP contribution in [0.15, 0.2) is 18.2 Å². The van der Waals surface area contributed by atoms with Crippen molar-refractivity contribution in [3.05, 3.63) is 34.9 Å². The maximum absolute atomic E-state index is 11.3. The number of benzene rings is 1. The van der Waals surface area contributed by atoms with Gasteiger partial charge in [-0.1, -0.05) is 0 Å². The number of hydrogen-bond acceptors (Lipinski definition) is 5. The first-order chi connectivity index (χ1) is 7.62. The summed E-state index contributed by atoms with van der Waals surface area (Å²) in [5.74, 6) is -1.22. The number of carbonyl (C=O) groups is 2. The number of rotatable bonds is 2. The summed E-state index contributed by atoms with van der Waals surface area (Å²) in [7, 11) is 2.44. The molecular formula is C11H9NO4. The minimum Gasteiger partial charge on any atom is -0.465 e. The summed E-state index contributed by atoms with van der Waals surface area (Å²) in [6, 6.07) is 5.86. The molecular weight excluding hydrogens is 210 g/mol. The van der Waals surface area contributed by atoms with Gasteiger partial charge in [0.15, 0.2) is 0 Å². The van der Waals surface area contributed by atoms with Gasteiger partial charge in [0, 0.05) is 0 Å². The zero-order valence-corrected chi connectivity index (χ0v) is 8.81. The molecule has 0 amide bonds. The van der Waals surface area contributed by atoms with Crippen molar-refractivity contribution in [3.63, 3.8) is 0 Å². The van der Waals surface area contributed by atoms with Crippen molar-refractivity contribution in [2.24, 2.45) is 0 Å². The molecule has 0 saturated carbocycles. The van der Waals surface area contributed by atoms with Crippen LogP contribution in [0.3, 0.4) is 0 Å². The molecule has 0 spiro atoms. The SMILES string of the molecule is COC(=O)c1cc(C#N)cc(C(=O)OC)c1. The Morgan fingerprint density at radius 2 is 1.50 bits per heavy atom. The van der Waals surface area contributed by atoms with Crippen LogP contribution in [0.5, 0.6) is 0 Å². The quantitative estimate of drug-likeness (QED) is 0.697. The molecule has 5 heteroatoms. The summed E-state index contributed by atoms with van der Waals surface area (Å²) >= 11 is 0. The van der Waals surface area contributed by atoms with E-state index in [2.05, 4.69) is 9.47 Å². The van der Waals surface area contributed by atoms with Gasteiger partial charge in [0.2, 0.25) is 0 Å². The molecule has 82 valence electrons. The smallest absolute Gasteiger partial charge is 0.337 e. The van der Waals surface area contributed by atoms with Crippen LogP contribution in [-0.4, -0.2) is 26.2 Å². The molecule has 5 nitrogen and oxygen atoms in total. The third-order valence-electron chi connectivity index (χ3n) is 1.90. The molecule has 0 bridgehead atoms. The van der Waals surface area contributed by atoms with Crippen molar-refractivity contribution in [3.8, 4) is 6.07 Å². The number of hydrogen-bond donors (Lipinski definition) is 0. The lowest BCUT2D eigenvalue weighted by Gasteiger charge is -2.03. The molecule has 0 saturated heterocycles. The number of methoxy groups -OCH3 is 2. The maximum atomic E-state index is 11.3. The minimum absolute atomic E-state index is 0.141. The first-order valence-corrected chi connectivity index (χ1v) is 4.34. The number of nitrogens with zero attached hydrogens (tertiary/aromatic N) is 1. The third kappa shape index (κ3) is 2.36. The van der Waals surface area contributed by atoms with Crippen molar-refractivity contribution in [1.29, 1.82) is 5.26 Å². The summed E-state index contributed by atoms with van der Waals surface area (Å²) in [6.07, 6.45) is 0. The van der Waals surface area contributed by atoms with Gasteiger partial charge < -0.3 is 9.47 Å². The average Bonchev–Trinajstić information content (AvgIpc) is 2.35. The first kappa shape index (κ1) is 11.7. The highest BCUT2D eigenvalue weighted by molar-refractivity contribution is 5.95. The fourth-order valence-corrected chi connectivity index (χ4v) is 1.16. The molecule has 1 aromatic rings. The van der Waals surface area contributed by atoms with E-state index in [1.54, 1.807) is 0 Å². The number of ether oxygens (including phenoxy) is 2. The van der Waals surface area contributed by atoms with Gasteiger partial charge in [-0.2, -0.15) is 5.26 Å². The lowest BCUT2D eigenvalue weighted by molar-refractivity contribution is 0.0599. The van der Waals surface area contributed by atoms with E-state index in [4.69, 9.17) is 5.26 Å². The van der Waals surface area contributed by atoms with Gasteiger partial charge in [0.1, 0.15) is 0 Å². The Bertz CT molecular complexity index is 439. The Kier molecular flexibility index (Phi) is 3.62. The second-order valence-corrected chi connectivity index (χ2v) is 2.89. The normalized spacial score (nSPS) is 9.06. The molecule has 0 unspecified atom stereocenters. The molecule has 1 rings (SSSR count). The van der Waals surface area contributed by atoms with Crippen LogP contribution >= 0.6 is 0 Å². The molecule has 0 N–H and O–H groups in total. The molecule has 0 heterocycles. The Hall–Kier alpha value is -2.35. The lowest BCUT2D eigenvalue weighted by Crippen LogP contribution is -2.07. The van der Waals surface area contributed by atoms with Crippen LogP contribution in [0.4, 0.5) is 0 Å². The zero-order chi connectivity index (χ0) is 12.1. The molecule has 0 aliphatic heterocycles. The second-order valence-electron chi connectivity index (χ2n) is 2.89. The predicted molar refractivity (Wildman–Crippen MR) is 53.8 cm³/mol. The van der Waals surface area contributed by atoms with E-state index in [1.807, 2.05) is 6.07 Å². The Balaban J connectivity index is 3.27. The fraction of sp³-hybridized carbons (Fsp3) is 0.182. The fourth-order valence-electron chi connectivity index (χ4n) is 1.16. The van der Waals surface area contributed by atoms with Crippen molar-refractivity contribution >= 4 is 11.9 Å². The molecule has 0 aromatic heterocycles. The summed E-state index contributed by atoms with van der Waals surface area (Å²) < 4.78 is 9.01. The highest BCUT2D eigenvalue weighted by Gasteiger charge is 2.13. The standard InChI is InChI=1S/C11H9NO4/c1-15-10(13)8-3-7(6-12)4-9(5-8)11(14)16-2/h3-5H,1-2H3. The van der Waals surface area contributed by atoms with Gasteiger partial charge in [0.05, 0.1) is 37.0 Å². The van der Waals surface area contributed by atoms with Crippen LogP contribution in [0.2, 0.25) is 0 Å². The van der Waals surface area contributed by atoms with E-state index >= 15 is 0 Å². The van der Waals surface area contributed by atoms with Crippen LogP contribution in [0, 0.1) is 11.3 Å². The molecule has 0 atom stereocenters. The van der Waals surface area contributed by atoms with Gasteiger partial charge >= 0.3 is 11.9 Å². The number of esters is 2. The first-order valence-electron chi connectivity index (χ1n) is 4.34. The molecule has 0 radical (unpaired) electrons. The van der Waals surface area contributed by atoms with Gasteiger partial charge in [-0.05, 0) is 18.2 Å². The monoisotopic (exact) mass is 219 g/mol. The van der Waals surface area contributed by atoms with Gasteiger partial charge in [-0.15, -0.1) is 0 Å². The highest BCUT2D eigenvalue weighted by atomic mass is 16.5. The maximum Gasteiger partial charge on any atom is 0.337 e. The van der Waals surface area contributed by atoms with Gasteiger partial charge in [-0.25, -0.2) is 9.59 Å². The highest BCUT2D eigenvalue weighted by Crippen LogP contribution is 2.12. The Morgan fingerprint density at radius 1 is 1.06 bits per heavy atom. The lowest BCUT2D eigenvalue weighted by atomic mass is 10.1. The topological polar surface area (TPSA) is 76.4 Å². The molecule has 0 aliphatic rings. The van der Waals surface area contributed by atoms with Gasteiger partial charge in [0.25, 0.3) is 0 Å².